The SMILES string of the molecule is CCCCCN(C)C(=O)N1C[C@@H](C)[C@H](C(=O)O)C1. The van der Waals surface area contributed by atoms with Gasteiger partial charge in [-0.05, 0) is 12.3 Å². The number of hydrogen-bond acceptors (Lipinski definition) is 2. The third-order valence-electron chi connectivity index (χ3n) is 3.62. The third kappa shape index (κ3) is 3.62. The Morgan fingerprint density at radius 2 is 2.00 bits per heavy atom. The number of carbonyl (C=O) groups excluding carboxylic acids is 1. The van der Waals surface area contributed by atoms with E-state index in [2.05, 4.69) is 6.92 Å². The van der Waals surface area contributed by atoms with E-state index in [1.165, 1.54) is 0 Å². The van der Waals surface area contributed by atoms with Crippen molar-refractivity contribution < 1.29 is 14.7 Å². The first kappa shape index (κ1) is 14.8. The predicted molar refractivity (Wildman–Crippen MR) is 69.4 cm³/mol. The topological polar surface area (TPSA) is 60.9 Å². The third-order valence-corrected chi connectivity index (χ3v) is 3.62. The number of carboxylic acids is 1. The highest BCUT2D eigenvalue weighted by Crippen LogP contribution is 2.23. The highest BCUT2D eigenvalue weighted by molar-refractivity contribution is 5.77. The monoisotopic (exact) mass is 256 g/mol. The standard InChI is InChI=1S/C13H24N2O3/c1-4-5-6-7-14(3)13(18)15-8-10(2)11(9-15)12(16)17/h10-11H,4-9H2,1-3H3,(H,16,17)/t10-,11-/m1/s1. The van der Waals surface area contributed by atoms with Crippen molar-refractivity contribution >= 4 is 12.0 Å². The van der Waals surface area contributed by atoms with E-state index in [1.807, 2.05) is 6.92 Å². The molecule has 2 atom stereocenters. The van der Waals surface area contributed by atoms with Crippen molar-refractivity contribution in [1.29, 1.82) is 0 Å². The zero-order chi connectivity index (χ0) is 13.7. The minimum Gasteiger partial charge on any atom is -0.481 e. The molecule has 18 heavy (non-hydrogen) atoms. The Morgan fingerprint density at radius 1 is 1.33 bits per heavy atom. The van der Waals surface area contributed by atoms with Crippen molar-refractivity contribution in [2.45, 2.75) is 33.1 Å². The molecule has 1 rings (SSSR count). The van der Waals surface area contributed by atoms with Crippen molar-refractivity contribution in [3.8, 4) is 0 Å². The average molecular weight is 256 g/mol. The smallest absolute Gasteiger partial charge is 0.319 e. The van der Waals surface area contributed by atoms with E-state index in [9.17, 15) is 9.59 Å². The highest BCUT2D eigenvalue weighted by atomic mass is 16.4. The first-order chi connectivity index (χ1) is 8.47. The molecule has 104 valence electrons. The summed E-state index contributed by atoms with van der Waals surface area (Å²) in [6, 6.07) is -0.0401. The summed E-state index contributed by atoms with van der Waals surface area (Å²) < 4.78 is 0. The number of carboxylic acid groups (broad SMARTS) is 1. The summed E-state index contributed by atoms with van der Waals surface area (Å²) in [6.07, 6.45) is 3.25. The molecule has 1 aliphatic rings. The molecule has 0 unspecified atom stereocenters. The summed E-state index contributed by atoms with van der Waals surface area (Å²) in [5.74, 6) is -1.18. The number of rotatable bonds is 5. The molecule has 1 N–H and O–H groups in total. The Kier molecular flexibility index (Phi) is 5.44. The van der Waals surface area contributed by atoms with Gasteiger partial charge in [-0.1, -0.05) is 26.7 Å². The van der Waals surface area contributed by atoms with Gasteiger partial charge >= 0.3 is 12.0 Å². The van der Waals surface area contributed by atoms with Crippen LogP contribution in [0.1, 0.15) is 33.1 Å². The van der Waals surface area contributed by atoms with Crippen LogP contribution in [0.3, 0.4) is 0 Å². The largest absolute Gasteiger partial charge is 0.481 e. The minimum absolute atomic E-state index is 0.0375. The Morgan fingerprint density at radius 3 is 2.50 bits per heavy atom. The Balaban J connectivity index is 2.45. The minimum atomic E-state index is -0.800. The van der Waals surface area contributed by atoms with Crippen molar-refractivity contribution in [3.63, 3.8) is 0 Å². The van der Waals surface area contributed by atoms with Gasteiger partial charge in [0.25, 0.3) is 0 Å². The van der Waals surface area contributed by atoms with Gasteiger partial charge in [0.1, 0.15) is 0 Å². The van der Waals surface area contributed by atoms with Crippen LogP contribution in [0, 0.1) is 11.8 Å². The fraction of sp³-hybridized carbons (Fsp3) is 0.846. The second-order valence-electron chi connectivity index (χ2n) is 5.24. The molecule has 2 amide bonds. The summed E-state index contributed by atoms with van der Waals surface area (Å²) >= 11 is 0. The van der Waals surface area contributed by atoms with Crippen LogP contribution in [0.4, 0.5) is 4.79 Å². The van der Waals surface area contributed by atoms with Crippen LogP contribution in [-0.2, 0) is 4.79 Å². The number of unbranched alkanes of at least 4 members (excludes halogenated alkanes) is 2. The van der Waals surface area contributed by atoms with Gasteiger partial charge < -0.3 is 14.9 Å². The normalized spacial score (nSPS) is 23.2. The number of amides is 2. The van der Waals surface area contributed by atoms with Gasteiger partial charge in [0, 0.05) is 26.7 Å². The lowest BCUT2D eigenvalue weighted by molar-refractivity contribution is -0.142. The van der Waals surface area contributed by atoms with E-state index in [-0.39, 0.29) is 11.9 Å². The summed E-state index contributed by atoms with van der Waals surface area (Å²) in [4.78, 5) is 26.5. The molecule has 5 nitrogen and oxygen atoms in total. The molecule has 0 aromatic carbocycles. The van der Waals surface area contributed by atoms with Gasteiger partial charge in [0.15, 0.2) is 0 Å². The lowest BCUT2D eigenvalue weighted by Crippen LogP contribution is -2.40. The predicted octanol–water partition coefficient (Wildman–Crippen LogP) is 1.88. The molecule has 1 aliphatic heterocycles. The molecule has 0 radical (unpaired) electrons. The van der Waals surface area contributed by atoms with Crippen LogP contribution < -0.4 is 0 Å². The first-order valence-electron chi connectivity index (χ1n) is 6.70. The number of urea groups is 1. The Bertz CT molecular complexity index is 307. The average Bonchev–Trinajstić information content (AvgIpc) is 2.70. The second-order valence-corrected chi connectivity index (χ2v) is 5.24. The number of nitrogens with zero attached hydrogens (tertiary/aromatic N) is 2. The fourth-order valence-corrected chi connectivity index (χ4v) is 2.38. The molecular formula is C13H24N2O3. The molecule has 0 aromatic rings. The van der Waals surface area contributed by atoms with Crippen molar-refractivity contribution in [2.75, 3.05) is 26.7 Å². The van der Waals surface area contributed by atoms with Crippen LogP contribution in [0.2, 0.25) is 0 Å². The van der Waals surface area contributed by atoms with Crippen LogP contribution in [0.5, 0.6) is 0 Å². The van der Waals surface area contributed by atoms with Gasteiger partial charge in [-0.15, -0.1) is 0 Å². The summed E-state index contributed by atoms with van der Waals surface area (Å²) in [5, 5.41) is 9.04. The first-order valence-corrected chi connectivity index (χ1v) is 6.70. The maximum absolute atomic E-state index is 12.1. The molecule has 0 aliphatic carbocycles. The molecule has 0 saturated carbocycles. The number of carbonyl (C=O) groups is 2. The lowest BCUT2D eigenvalue weighted by Gasteiger charge is -2.24. The summed E-state index contributed by atoms with van der Waals surface area (Å²) in [5.41, 5.74) is 0. The zero-order valence-corrected chi connectivity index (χ0v) is 11.6. The number of hydrogen-bond donors (Lipinski definition) is 1. The van der Waals surface area contributed by atoms with Gasteiger partial charge in [-0.25, -0.2) is 4.79 Å². The molecule has 1 heterocycles. The van der Waals surface area contributed by atoms with Crippen LogP contribution >= 0.6 is 0 Å². The van der Waals surface area contributed by atoms with E-state index in [0.29, 0.717) is 13.1 Å². The number of aliphatic carboxylic acids is 1. The maximum Gasteiger partial charge on any atom is 0.319 e. The molecule has 1 saturated heterocycles. The van der Waals surface area contributed by atoms with Gasteiger partial charge in [0.05, 0.1) is 5.92 Å². The van der Waals surface area contributed by atoms with E-state index in [4.69, 9.17) is 5.11 Å². The van der Waals surface area contributed by atoms with Crippen LogP contribution in [0.25, 0.3) is 0 Å². The molecule has 0 spiro atoms. The van der Waals surface area contributed by atoms with E-state index >= 15 is 0 Å². The number of likely N-dealkylation sites (tertiary alicyclic amines) is 1. The van der Waals surface area contributed by atoms with Crippen molar-refractivity contribution in [2.24, 2.45) is 11.8 Å². The molecule has 5 heteroatoms. The molecule has 1 fully saturated rings. The van der Waals surface area contributed by atoms with Gasteiger partial charge in [-0.2, -0.15) is 0 Å². The Hall–Kier alpha value is -1.26. The summed E-state index contributed by atoms with van der Waals surface area (Å²) in [7, 11) is 1.79. The highest BCUT2D eigenvalue weighted by Gasteiger charge is 2.37. The summed E-state index contributed by atoms with van der Waals surface area (Å²) in [6.45, 7) is 5.65. The van der Waals surface area contributed by atoms with Crippen LogP contribution in [0.15, 0.2) is 0 Å². The second kappa shape index (κ2) is 6.61. The molecule has 0 aromatic heterocycles. The fourth-order valence-electron chi connectivity index (χ4n) is 2.38. The maximum atomic E-state index is 12.1. The van der Waals surface area contributed by atoms with Crippen LogP contribution in [-0.4, -0.2) is 53.6 Å². The quantitative estimate of drug-likeness (QED) is 0.764. The van der Waals surface area contributed by atoms with Gasteiger partial charge in [0.2, 0.25) is 0 Å². The Labute approximate surface area is 109 Å². The van der Waals surface area contributed by atoms with Crippen molar-refractivity contribution in [1.82, 2.24) is 9.80 Å². The van der Waals surface area contributed by atoms with Gasteiger partial charge in [-0.3, -0.25) is 4.79 Å². The lowest BCUT2D eigenvalue weighted by atomic mass is 9.99. The molecular weight excluding hydrogens is 232 g/mol. The molecule has 0 bridgehead atoms. The van der Waals surface area contributed by atoms with E-state index in [1.54, 1.807) is 16.8 Å². The van der Waals surface area contributed by atoms with E-state index in [0.717, 1.165) is 25.8 Å². The van der Waals surface area contributed by atoms with E-state index < -0.39 is 11.9 Å². The van der Waals surface area contributed by atoms with Crippen molar-refractivity contribution in [3.05, 3.63) is 0 Å². The zero-order valence-electron chi connectivity index (χ0n) is 11.6.